The highest BCUT2D eigenvalue weighted by Gasteiger charge is 2.25. The summed E-state index contributed by atoms with van der Waals surface area (Å²) in [5, 5.41) is 9.99. The Labute approximate surface area is 122 Å². The van der Waals surface area contributed by atoms with Crippen molar-refractivity contribution in [3.05, 3.63) is 30.4 Å². The summed E-state index contributed by atoms with van der Waals surface area (Å²) in [6.45, 7) is 2.02. The van der Waals surface area contributed by atoms with E-state index in [1.807, 2.05) is 25.3 Å². The summed E-state index contributed by atoms with van der Waals surface area (Å²) < 4.78 is 2.26. The minimum atomic E-state index is -0.207. The van der Waals surface area contributed by atoms with Crippen LogP contribution >= 0.6 is 0 Å². The molecule has 0 spiro atoms. The summed E-state index contributed by atoms with van der Waals surface area (Å²) in [7, 11) is 0. The Morgan fingerprint density at radius 3 is 3.00 bits per heavy atom. The van der Waals surface area contributed by atoms with Crippen LogP contribution in [0.2, 0.25) is 0 Å². The quantitative estimate of drug-likeness (QED) is 0.745. The summed E-state index contributed by atoms with van der Waals surface area (Å²) in [5.74, 6) is 0.976. The van der Waals surface area contributed by atoms with Crippen LogP contribution < -0.4 is 0 Å². The van der Waals surface area contributed by atoms with Crippen molar-refractivity contribution in [2.24, 2.45) is 0 Å². The van der Waals surface area contributed by atoms with E-state index in [4.69, 9.17) is 0 Å². The lowest BCUT2D eigenvalue weighted by Crippen LogP contribution is -2.23. The van der Waals surface area contributed by atoms with Gasteiger partial charge in [-0.3, -0.25) is 9.97 Å². The number of hydrogen-bond acceptors (Lipinski definition) is 4. The van der Waals surface area contributed by atoms with E-state index in [2.05, 4.69) is 19.5 Å². The Kier molecular flexibility index (Phi) is 2.89. The molecule has 3 heterocycles. The zero-order valence-electron chi connectivity index (χ0n) is 12.0. The molecule has 1 N–H and O–H groups in total. The maximum atomic E-state index is 9.99. The molecular formula is C16H18N4O. The van der Waals surface area contributed by atoms with E-state index < -0.39 is 0 Å². The van der Waals surface area contributed by atoms with Crippen LogP contribution in [0.4, 0.5) is 0 Å². The summed E-state index contributed by atoms with van der Waals surface area (Å²) in [6.07, 6.45) is 7.25. The maximum Gasteiger partial charge on any atom is 0.115 e. The number of aliphatic hydroxyl groups excluding tert-OH is 1. The maximum absolute atomic E-state index is 9.99. The fourth-order valence-corrected chi connectivity index (χ4v) is 3.53. The largest absolute Gasteiger partial charge is 0.393 e. The third kappa shape index (κ3) is 2.00. The molecule has 0 aliphatic heterocycles. The Balaban J connectivity index is 1.98. The zero-order chi connectivity index (χ0) is 14.4. The number of fused-ring (bicyclic) bond motifs is 3. The van der Waals surface area contributed by atoms with Gasteiger partial charge in [0.2, 0.25) is 0 Å². The highest BCUT2D eigenvalue weighted by Crippen LogP contribution is 2.34. The van der Waals surface area contributed by atoms with Crippen molar-refractivity contribution in [3.63, 3.8) is 0 Å². The number of nitrogens with zero attached hydrogens (tertiary/aromatic N) is 4. The SMILES string of the molecule is Cc1nc2cnc3cccnc3c2n1[C@@H]1CCC[C@@H](O)C1. The first-order valence-corrected chi connectivity index (χ1v) is 7.50. The Bertz CT molecular complexity index is 810. The van der Waals surface area contributed by atoms with Crippen molar-refractivity contribution >= 4 is 22.1 Å². The molecule has 3 aromatic heterocycles. The van der Waals surface area contributed by atoms with Gasteiger partial charge in [0.15, 0.2) is 0 Å². The second-order valence-electron chi connectivity index (χ2n) is 5.87. The molecule has 21 heavy (non-hydrogen) atoms. The van der Waals surface area contributed by atoms with Crippen LogP contribution in [0.1, 0.15) is 37.5 Å². The minimum Gasteiger partial charge on any atom is -0.393 e. The van der Waals surface area contributed by atoms with Gasteiger partial charge in [-0.05, 0) is 44.7 Å². The van der Waals surface area contributed by atoms with Gasteiger partial charge in [-0.2, -0.15) is 0 Å². The molecule has 0 unspecified atom stereocenters. The predicted octanol–water partition coefficient (Wildman–Crippen LogP) is 2.76. The molecule has 0 aromatic carbocycles. The van der Waals surface area contributed by atoms with Crippen LogP contribution in [0.5, 0.6) is 0 Å². The Morgan fingerprint density at radius 1 is 1.24 bits per heavy atom. The molecule has 5 nitrogen and oxygen atoms in total. The molecule has 3 aromatic rings. The molecule has 0 saturated heterocycles. The number of aryl methyl sites for hydroxylation is 1. The minimum absolute atomic E-state index is 0.207. The smallest absolute Gasteiger partial charge is 0.115 e. The topological polar surface area (TPSA) is 63.8 Å². The third-order valence-electron chi connectivity index (χ3n) is 4.44. The molecule has 1 aliphatic rings. The monoisotopic (exact) mass is 282 g/mol. The van der Waals surface area contributed by atoms with Crippen LogP contribution in [-0.2, 0) is 0 Å². The summed E-state index contributed by atoms with van der Waals surface area (Å²) >= 11 is 0. The van der Waals surface area contributed by atoms with E-state index in [0.29, 0.717) is 6.04 Å². The molecule has 4 rings (SSSR count). The molecule has 2 atom stereocenters. The first-order chi connectivity index (χ1) is 10.2. The lowest BCUT2D eigenvalue weighted by molar-refractivity contribution is 0.104. The van der Waals surface area contributed by atoms with E-state index in [-0.39, 0.29) is 6.10 Å². The van der Waals surface area contributed by atoms with Crippen LogP contribution in [0.15, 0.2) is 24.5 Å². The number of aliphatic hydroxyl groups is 1. The van der Waals surface area contributed by atoms with E-state index in [9.17, 15) is 5.11 Å². The molecule has 1 aliphatic carbocycles. The first-order valence-electron chi connectivity index (χ1n) is 7.50. The van der Waals surface area contributed by atoms with Gasteiger partial charge in [0, 0.05) is 12.2 Å². The van der Waals surface area contributed by atoms with Crippen LogP contribution in [0.3, 0.4) is 0 Å². The molecule has 1 saturated carbocycles. The average Bonchev–Trinajstić information content (AvgIpc) is 2.83. The second-order valence-corrected chi connectivity index (χ2v) is 5.87. The van der Waals surface area contributed by atoms with Crippen molar-refractivity contribution in [3.8, 4) is 0 Å². The molecule has 0 bridgehead atoms. The van der Waals surface area contributed by atoms with Gasteiger partial charge in [0.25, 0.3) is 0 Å². The fourth-order valence-electron chi connectivity index (χ4n) is 3.53. The van der Waals surface area contributed by atoms with Gasteiger partial charge < -0.3 is 9.67 Å². The van der Waals surface area contributed by atoms with Crippen molar-refractivity contribution in [2.75, 3.05) is 0 Å². The summed E-state index contributed by atoms with van der Waals surface area (Å²) in [6, 6.07) is 4.18. The van der Waals surface area contributed by atoms with Crippen LogP contribution in [0, 0.1) is 6.92 Å². The average molecular weight is 282 g/mol. The van der Waals surface area contributed by atoms with E-state index in [1.165, 1.54) is 0 Å². The lowest BCUT2D eigenvalue weighted by Gasteiger charge is -2.28. The molecule has 5 heteroatoms. The second kappa shape index (κ2) is 4.77. The van der Waals surface area contributed by atoms with Gasteiger partial charge in [-0.1, -0.05) is 0 Å². The van der Waals surface area contributed by atoms with Crippen molar-refractivity contribution < 1.29 is 5.11 Å². The van der Waals surface area contributed by atoms with Gasteiger partial charge in [0.1, 0.15) is 16.9 Å². The number of rotatable bonds is 1. The van der Waals surface area contributed by atoms with Gasteiger partial charge in [-0.15, -0.1) is 0 Å². The Hall–Kier alpha value is -2.01. The number of pyridine rings is 2. The number of hydrogen-bond donors (Lipinski definition) is 1. The summed E-state index contributed by atoms with van der Waals surface area (Å²) in [4.78, 5) is 13.6. The van der Waals surface area contributed by atoms with E-state index in [1.54, 1.807) is 6.20 Å². The lowest BCUT2D eigenvalue weighted by atomic mass is 9.92. The molecule has 0 radical (unpaired) electrons. The van der Waals surface area contributed by atoms with Crippen molar-refractivity contribution in [1.82, 2.24) is 19.5 Å². The van der Waals surface area contributed by atoms with Crippen molar-refractivity contribution in [1.29, 1.82) is 0 Å². The summed E-state index contributed by atoms with van der Waals surface area (Å²) in [5.41, 5.74) is 3.73. The molecule has 108 valence electrons. The highest BCUT2D eigenvalue weighted by molar-refractivity contribution is 5.99. The van der Waals surface area contributed by atoms with Crippen LogP contribution in [0.25, 0.3) is 22.1 Å². The van der Waals surface area contributed by atoms with Gasteiger partial charge in [0.05, 0.1) is 23.3 Å². The number of aromatic nitrogens is 4. The number of imidazole rings is 1. The van der Waals surface area contributed by atoms with Gasteiger partial charge >= 0.3 is 0 Å². The Morgan fingerprint density at radius 2 is 2.14 bits per heavy atom. The normalized spacial score (nSPS) is 23.0. The fraction of sp³-hybridized carbons (Fsp3) is 0.438. The standard InChI is InChI=1S/C16H18N4O/c1-10-19-14-9-18-13-6-3-7-17-15(13)16(14)20(10)11-4-2-5-12(21)8-11/h3,6-7,9,11-12,21H,2,4-5,8H2,1H3/t11-,12-/m1/s1. The van der Waals surface area contributed by atoms with E-state index in [0.717, 1.165) is 53.6 Å². The van der Waals surface area contributed by atoms with E-state index >= 15 is 0 Å². The third-order valence-corrected chi connectivity index (χ3v) is 4.44. The van der Waals surface area contributed by atoms with Crippen LogP contribution in [-0.4, -0.2) is 30.7 Å². The first kappa shape index (κ1) is 12.7. The molecule has 1 fully saturated rings. The van der Waals surface area contributed by atoms with Crippen molar-refractivity contribution in [2.45, 2.75) is 44.8 Å². The molecular weight excluding hydrogens is 264 g/mol. The zero-order valence-corrected chi connectivity index (χ0v) is 12.0. The highest BCUT2D eigenvalue weighted by atomic mass is 16.3. The predicted molar refractivity (Wildman–Crippen MR) is 81.1 cm³/mol. The molecule has 0 amide bonds. The van der Waals surface area contributed by atoms with Gasteiger partial charge in [-0.25, -0.2) is 4.98 Å².